The molecule has 0 aromatic heterocycles. The number of esters is 1. The van der Waals surface area contributed by atoms with Crippen LogP contribution in [0, 0.1) is 11.8 Å². The van der Waals surface area contributed by atoms with Gasteiger partial charge in [0.15, 0.2) is 0 Å². The molecule has 0 spiro atoms. The number of carbonyl (C=O) groups excluding carboxylic acids is 1. The standard InChI is InChI=1S/C10H8O2.6F3P.2Rh/c1-12-10(11)8-7-9-5-3-2-4-6-9;6*1-4(2)3;;/h2-6H,1H3;;;;;;;;. The first-order valence-corrected chi connectivity index (χ1v) is 12.6. The topological polar surface area (TPSA) is 26.3 Å². The van der Waals surface area contributed by atoms with E-state index in [1.54, 1.807) is 0 Å². The number of ether oxygens (including phenoxy) is 1. The molecule has 2 nitrogen and oxygen atoms in total. The average Bonchev–Trinajstić information content (AvgIpc) is 2.64. The third kappa shape index (κ3) is 189. The number of benzene rings is 1. The molecule has 0 N–H and O–H groups in total. The molecule has 2 radical (unpaired) electrons. The Kier molecular flexibility index (Phi) is 73.2. The van der Waals surface area contributed by atoms with E-state index in [1.807, 2.05) is 30.3 Å². The second-order valence-corrected chi connectivity index (χ2v) is 5.56. The third-order valence-electron chi connectivity index (χ3n) is 1.27. The van der Waals surface area contributed by atoms with Gasteiger partial charge in [0.05, 0.1) is 7.11 Å². The summed E-state index contributed by atoms with van der Waals surface area (Å²) in [6.45, 7) is 0. The molecule has 1 aromatic carbocycles. The van der Waals surface area contributed by atoms with Crippen molar-refractivity contribution in [2.45, 2.75) is 0 Å². The van der Waals surface area contributed by atoms with Gasteiger partial charge in [-0.25, -0.2) is 4.79 Å². The summed E-state index contributed by atoms with van der Waals surface area (Å²) in [5, 5.41) is 0. The summed E-state index contributed by atoms with van der Waals surface area (Å²) < 4.78 is 180. The van der Waals surface area contributed by atoms with Gasteiger partial charge in [-0.2, -0.15) is 75.5 Å². The summed E-state index contributed by atoms with van der Waals surface area (Å²) in [5.41, 5.74) is 0.808. The summed E-state index contributed by atoms with van der Waals surface area (Å²) in [6.07, 6.45) is 0. The zero-order chi connectivity index (χ0) is 30.3. The van der Waals surface area contributed by atoms with Crippen molar-refractivity contribution in [2.24, 2.45) is 0 Å². The normalized spacial score (nSPS) is 8.24. The van der Waals surface area contributed by atoms with Crippen molar-refractivity contribution in [1.82, 2.24) is 0 Å². The fourth-order valence-electron chi connectivity index (χ4n) is 0.696. The van der Waals surface area contributed by atoms with Gasteiger partial charge in [0.25, 0.3) is 0 Å². The van der Waals surface area contributed by atoms with E-state index in [1.165, 1.54) is 7.11 Å². The molecule has 0 aliphatic carbocycles. The van der Waals surface area contributed by atoms with Crippen molar-refractivity contribution >= 4 is 59.1 Å². The summed E-state index contributed by atoms with van der Waals surface area (Å²) in [7, 11) is -23.4. The first-order valence-electron chi connectivity index (χ1n) is 6.52. The first kappa shape index (κ1) is 58.5. The maximum Gasteiger partial charge on any atom is 0.456 e. The molecule has 0 atom stereocenters. The molecule has 0 amide bonds. The van der Waals surface area contributed by atoms with Crippen LogP contribution in [0.15, 0.2) is 30.3 Å². The van der Waals surface area contributed by atoms with Gasteiger partial charge in [-0.1, -0.05) is 24.1 Å². The van der Waals surface area contributed by atoms with Crippen molar-refractivity contribution in [3.63, 3.8) is 0 Å². The van der Waals surface area contributed by atoms with E-state index in [0.717, 1.165) is 5.56 Å². The Labute approximate surface area is 237 Å². The van der Waals surface area contributed by atoms with Crippen molar-refractivity contribution in [3.05, 3.63) is 35.9 Å². The number of halogens is 18. The monoisotopic (exact) mass is 894 g/mol. The van der Waals surface area contributed by atoms with Crippen molar-refractivity contribution < 1.29 is 124 Å². The molecule has 28 heteroatoms. The summed E-state index contributed by atoms with van der Waals surface area (Å²) in [4.78, 5) is 10.6. The van der Waals surface area contributed by atoms with Crippen LogP contribution in [-0.2, 0) is 48.5 Å². The predicted octanol–water partition coefficient (Wildman–Crippen LogP) is 13.9. The van der Waals surface area contributed by atoms with E-state index in [0.29, 0.717) is 0 Å². The van der Waals surface area contributed by atoms with Crippen molar-refractivity contribution in [3.8, 4) is 11.8 Å². The van der Waals surface area contributed by atoms with E-state index in [2.05, 4.69) is 16.6 Å². The van der Waals surface area contributed by atoms with Crippen molar-refractivity contribution in [2.75, 3.05) is 7.11 Å². The van der Waals surface area contributed by atoms with Crippen molar-refractivity contribution in [1.29, 1.82) is 0 Å². The van der Waals surface area contributed by atoms with Crippen LogP contribution in [0.2, 0.25) is 0 Å². The molecule has 38 heavy (non-hydrogen) atoms. The van der Waals surface area contributed by atoms with E-state index >= 15 is 0 Å². The quantitative estimate of drug-likeness (QED) is 0.0853. The Morgan fingerprint density at radius 2 is 0.763 bits per heavy atom. The predicted molar refractivity (Wildman–Crippen MR) is 107 cm³/mol. The van der Waals surface area contributed by atoms with E-state index in [4.69, 9.17) is 0 Å². The number of hydrogen-bond acceptors (Lipinski definition) is 2. The average molecular weight is 894 g/mol. The number of methoxy groups -OCH3 is 1. The number of carbonyl (C=O) groups is 1. The first-order chi connectivity index (χ1) is 16.2. The summed E-state index contributed by atoms with van der Waals surface area (Å²) in [5.74, 6) is 4.49. The molecule has 1 rings (SSSR count). The SMILES string of the molecule is COC(=O)C#Cc1ccccc1.FP(F)F.FP(F)F.FP(F)F.FP(F)F.FP(F)F.FP(F)F.[Rh].[Rh]. The van der Waals surface area contributed by atoms with Gasteiger partial charge < -0.3 is 4.74 Å². The largest absolute Gasteiger partial charge is 0.459 e. The van der Waals surface area contributed by atoms with Crippen LogP contribution in [0.25, 0.3) is 0 Å². The van der Waals surface area contributed by atoms with Crippen LogP contribution in [0.5, 0.6) is 0 Å². The fourth-order valence-corrected chi connectivity index (χ4v) is 0.696. The maximum absolute atomic E-state index is 10.6. The zero-order valence-electron chi connectivity index (χ0n) is 16.9. The van der Waals surface area contributed by atoms with Gasteiger partial charge in [-0.05, 0) is 12.1 Å². The molecule has 0 saturated heterocycles. The van der Waals surface area contributed by atoms with Gasteiger partial charge in [0.1, 0.15) is 0 Å². The number of hydrogen-bond donors (Lipinski definition) is 0. The Bertz CT molecular complexity index is 553. The maximum atomic E-state index is 10.6. The molecule has 234 valence electrons. The van der Waals surface area contributed by atoms with Crippen LogP contribution in [0.3, 0.4) is 0 Å². The molecular formula is C10H8F18O2P6Rh2. The van der Waals surface area contributed by atoms with Crippen LogP contribution < -0.4 is 0 Å². The fraction of sp³-hybridized carbons (Fsp3) is 0.100. The summed E-state index contributed by atoms with van der Waals surface area (Å²) >= 11 is 0. The molecular weight excluding hydrogens is 886 g/mol. The molecule has 0 aliphatic rings. The Morgan fingerprint density at radius 3 is 0.947 bits per heavy atom. The minimum Gasteiger partial charge on any atom is -0.459 e. The minimum absolute atomic E-state index is 0. The van der Waals surface area contributed by atoms with Gasteiger partial charge >= 0.3 is 59.1 Å². The zero-order valence-corrected chi connectivity index (χ0v) is 25.5. The second kappa shape index (κ2) is 47.6. The molecule has 0 saturated carbocycles. The molecule has 0 fully saturated rings. The van der Waals surface area contributed by atoms with E-state index in [9.17, 15) is 80.3 Å². The second-order valence-electron chi connectivity index (χ2n) is 3.26. The molecule has 0 heterocycles. The van der Waals surface area contributed by atoms with Gasteiger partial charge in [0, 0.05) is 50.4 Å². The number of rotatable bonds is 0. The van der Waals surface area contributed by atoms with Gasteiger partial charge in [-0.15, -0.1) is 0 Å². The van der Waals surface area contributed by atoms with E-state index < -0.39 is 59.1 Å². The molecule has 0 aliphatic heterocycles. The van der Waals surface area contributed by atoms with Crippen LogP contribution in [0.1, 0.15) is 5.56 Å². The third-order valence-corrected chi connectivity index (χ3v) is 1.27. The Hall–Kier alpha value is 0.817. The van der Waals surface area contributed by atoms with Crippen LogP contribution in [-0.4, -0.2) is 13.1 Å². The van der Waals surface area contributed by atoms with Gasteiger partial charge in [-0.3, -0.25) is 0 Å². The van der Waals surface area contributed by atoms with Crippen LogP contribution >= 0.6 is 53.1 Å². The molecule has 1 aromatic rings. The Balaban J connectivity index is -0.0000000495. The minimum atomic E-state index is -4.12. The van der Waals surface area contributed by atoms with E-state index in [-0.39, 0.29) is 39.0 Å². The molecule has 0 bridgehead atoms. The van der Waals surface area contributed by atoms with Crippen LogP contribution in [0.4, 0.5) is 75.5 Å². The smallest absolute Gasteiger partial charge is 0.456 e. The molecule has 0 unspecified atom stereocenters. The Morgan fingerprint density at radius 1 is 0.553 bits per heavy atom. The summed E-state index contributed by atoms with van der Waals surface area (Å²) in [6, 6.07) is 9.28. The van der Waals surface area contributed by atoms with Gasteiger partial charge in [0.2, 0.25) is 0 Å².